The maximum atomic E-state index is 5.91. The Labute approximate surface area is 169 Å². The van der Waals surface area contributed by atoms with Gasteiger partial charge in [0.2, 0.25) is 0 Å². The van der Waals surface area contributed by atoms with Crippen molar-refractivity contribution in [1.29, 1.82) is 0 Å². The highest BCUT2D eigenvalue weighted by atomic mass is 32.1. The summed E-state index contributed by atoms with van der Waals surface area (Å²) in [4.78, 5) is 19.3. The van der Waals surface area contributed by atoms with E-state index in [0.717, 1.165) is 48.0 Å². The van der Waals surface area contributed by atoms with Crippen LogP contribution in [0.25, 0.3) is 21.6 Å². The number of fused-ring (bicyclic) bond motifs is 3. The lowest BCUT2D eigenvalue weighted by atomic mass is 9.97. The summed E-state index contributed by atoms with van der Waals surface area (Å²) in [5.41, 5.74) is 2.45. The standard InChI is InChI=1S/C22H24N4OS/c1-2-12-27-16-9-11-26(14-16)21-19-17-7-3-4-8-18(17)28-22(19)25-20(24-21)15-6-5-10-23-13-15/h2,5-6,10,13,16H,1,3-4,7-9,11-12,14H2. The molecule has 1 unspecified atom stereocenters. The lowest BCUT2D eigenvalue weighted by Crippen LogP contribution is -2.24. The molecule has 144 valence electrons. The molecule has 4 heterocycles. The van der Waals surface area contributed by atoms with Crippen molar-refractivity contribution in [2.45, 2.75) is 38.2 Å². The molecular formula is C22H24N4OS. The first kappa shape index (κ1) is 17.8. The third-order valence-corrected chi connectivity index (χ3v) is 6.80. The molecule has 28 heavy (non-hydrogen) atoms. The fraction of sp³-hybridized carbons (Fsp3) is 0.409. The molecular weight excluding hydrogens is 368 g/mol. The first-order chi connectivity index (χ1) is 13.8. The summed E-state index contributed by atoms with van der Waals surface area (Å²) in [6.07, 6.45) is 11.6. The minimum Gasteiger partial charge on any atom is -0.372 e. The molecule has 0 N–H and O–H groups in total. The molecule has 1 saturated heterocycles. The monoisotopic (exact) mass is 392 g/mol. The number of pyridine rings is 1. The van der Waals surface area contributed by atoms with Gasteiger partial charge in [-0.2, -0.15) is 0 Å². The van der Waals surface area contributed by atoms with Crippen LogP contribution in [0.3, 0.4) is 0 Å². The number of rotatable bonds is 5. The van der Waals surface area contributed by atoms with Crippen LogP contribution >= 0.6 is 11.3 Å². The Kier molecular flexibility index (Phi) is 4.82. The summed E-state index contributed by atoms with van der Waals surface area (Å²) in [5, 5.41) is 1.27. The average Bonchev–Trinajstić information content (AvgIpc) is 3.36. The lowest BCUT2D eigenvalue weighted by molar-refractivity contribution is 0.0909. The molecule has 1 atom stereocenters. The van der Waals surface area contributed by atoms with Gasteiger partial charge in [0.05, 0.1) is 18.1 Å². The van der Waals surface area contributed by atoms with E-state index in [1.165, 1.54) is 35.1 Å². The van der Waals surface area contributed by atoms with Gasteiger partial charge in [-0.15, -0.1) is 17.9 Å². The molecule has 5 nitrogen and oxygen atoms in total. The van der Waals surface area contributed by atoms with Crippen LogP contribution in [-0.2, 0) is 17.6 Å². The highest BCUT2D eigenvalue weighted by Crippen LogP contribution is 2.41. The van der Waals surface area contributed by atoms with Crippen LogP contribution in [0.1, 0.15) is 29.7 Å². The van der Waals surface area contributed by atoms with E-state index in [1.807, 2.05) is 35.7 Å². The molecule has 0 spiro atoms. The summed E-state index contributed by atoms with van der Waals surface area (Å²) < 4.78 is 5.91. The quantitative estimate of drug-likeness (QED) is 0.602. The molecule has 0 amide bonds. The molecule has 3 aromatic rings. The van der Waals surface area contributed by atoms with Crippen molar-refractivity contribution < 1.29 is 4.74 Å². The molecule has 2 aliphatic rings. The van der Waals surface area contributed by atoms with Crippen molar-refractivity contribution in [2.24, 2.45) is 0 Å². The zero-order valence-corrected chi connectivity index (χ0v) is 16.7. The summed E-state index contributed by atoms with van der Waals surface area (Å²) in [7, 11) is 0. The van der Waals surface area contributed by atoms with Gasteiger partial charge in [0.1, 0.15) is 10.6 Å². The summed E-state index contributed by atoms with van der Waals surface area (Å²) >= 11 is 1.85. The van der Waals surface area contributed by atoms with E-state index >= 15 is 0 Å². The lowest BCUT2D eigenvalue weighted by Gasteiger charge is -2.21. The predicted molar refractivity (Wildman–Crippen MR) is 114 cm³/mol. The maximum absolute atomic E-state index is 5.91. The number of ether oxygens (including phenoxy) is 1. The average molecular weight is 393 g/mol. The second kappa shape index (κ2) is 7.60. The van der Waals surface area contributed by atoms with E-state index < -0.39 is 0 Å². The van der Waals surface area contributed by atoms with Crippen LogP contribution in [0.15, 0.2) is 37.2 Å². The van der Waals surface area contributed by atoms with Crippen LogP contribution < -0.4 is 4.90 Å². The maximum Gasteiger partial charge on any atom is 0.164 e. The van der Waals surface area contributed by atoms with Crippen molar-refractivity contribution >= 4 is 27.4 Å². The minimum absolute atomic E-state index is 0.235. The van der Waals surface area contributed by atoms with Gasteiger partial charge in [0.25, 0.3) is 0 Å². The van der Waals surface area contributed by atoms with Gasteiger partial charge in [-0.3, -0.25) is 4.98 Å². The number of anilines is 1. The molecule has 1 aliphatic carbocycles. The normalized spacial score (nSPS) is 19.1. The van der Waals surface area contributed by atoms with E-state index in [0.29, 0.717) is 6.61 Å². The highest BCUT2D eigenvalue weighted by molar-refractivity contribution is 7.19. The number of thiophene rings is 1. The molecule has 0 saturated carbocycles. The topological polar surface area (TPSA) is 51.1 Å². The van der Waals surface area contributed by atoms with Crippen molar-refractivity contribution in [3.63, 3.8) is 0 Å². The molecule has 6 heteroatoms. The number of aromatic nitrogens is 3. The number of nitrogens with zero attached hydrogens (tertiary/aromatic N) is 4. The minimum atomic E-state index is 0.235. The number of aryl methyl sites for hydroxylation is 2. The zero-order valence-electron chi connectivity index (χ0n) is 15.9. The fourth-order valence-electron chi connectivity index (χ4n) is 4.25. The van der Waals surface area contributed by atoms with E-state index in [2.05, 4.69) is 16.5 Å². The number of hydrogen-bond donors (Lipinski definition) is 0. The van der Waals surface area contributed by atoms with E-state index in [9.17, 15) is 0 Å². The predicted octanol–water partition coefficient (Wildman–Crippen LogP) is 4.41. The Bertz CT molecular complexity index is 1000. The van der Waals surface area contributed by atoms with Crippen LogP contribution in [0.2, 0.25) is 0 Å². The van der Waals surface area contributed by atoms with E-state index in [-0.39, 0.29) is 6.10 Å². The van der Waals surface area contributed by atoms with Crippen LogP contribution in [0, 0.1) is 0 Å². The molecule has 0 radical (unpaired) electrons. The van der Waals surface area contributed by atoms with Crippen LogP contribution in [0.5, 0.6) is 0 Å². The third-order valence-electron chi connectivity index (χ3n) is 5.61. The Hall–Kier alpha value is -2.31. The van der Waals surface area contributed by atoms with E-state index in [1.54, 1.807) is 6.20 Å². The molecule has 0 aromatic carbocycles. The first-order valence-electron chi connectivity index (χ1n) is 10.0. The second-order valence-corrected chi connectivity index (χ2v) is 8.57. The largest absolute Gasteiger partial charge is 0.372 e. The number of hydrogen-bond acceptors (Lipinski definition) is 6. The first-order valence-corrected chi connectivity index (χ1v) is 10.9. The highest BCUT2D eigenvalue weighted by Gasteiger charge is 2.29. The Morgan fingerprint density at radius 1 is 1.29 bits per heavy atom. The van der Waals surface area contributed by atoms with Crippen molar-refractivity contribution in [3.05, 3.63) is 47.6 Å². The van der Waals surface area contributed by atoms with Gasteiger partial charge < -0.3 is 9.64 Å². The molecule has 3 aromatic heterocycles. The van der Waals surface area contributed by atoms with Gasteiger partial charge in [0.15, 0.2) is 5.82 Å². The van der Waals surface area contributed by atoms with Crippen LogP contribution in [-0.4, -0.2) is 40.8 Å². The van der Waals surface area contributed by atoms with Gasteiger partial charge in [-0.05, 0) is 49.8 Å². The van der Waals surface area contributed by atoms with Crippen molar-refractivity contribution in [2.75, 3.05) is 24.6 Å². The van der Waals surface area contributed by atoms with Crippen molar-refractivity contribution in [3.8, 4) is 11.4 Å². The molecule has 1 aliphatic heterocycles. The zero-order chi connectivity index (χ0) is 18.9. The Morgan fingerprint density at radius 2 is 2.21 bits per heavy atom. The molecule has 5 rings (SSSR count). The Balaban J connectivity index is 1.61. The fourth-order valence-corrected chi connectivity index (χ4v) is 5.51. The van der Waals surface area contributed by atoms with E-state index in [4.69, 9.17) is 14.7 Å². The summed E-state index contributed by atoms with van der Waals surface area (Å²) in [6.45, 7) is 6.20. The second-order valence-electron chi connectivity index (χ2n) is 7.48. The van der Waals surface area contributed by atoms with Gasteiger partial charge in [-0.25, -0.2) is 9.97 Å². The summed E-state index contributed by atoms with van der Waals surface area (Å²) in [6, 6.07) is 3.97. The SMILES string of the molecule is C=CCOC1CCN(c2nc(-c3cccnc3)nc3sc4c(c23)CCCC4)C1. The third kappa shape index (κ3) is 3.20. The smallest absolute Gasteiger partial charge is 0.164 e. The molecule has 1 fully saturated rings. The van der Waals surface area contributed by atoms with Gasteiger partial charge >= 0.3 is 0 Å². The molecule has 0 bridgehead atoms. The van der Waals surface area contributed by atoms with Crippen molar-refractivity contribution in [1.82, 2.24) is 15.0 Å². The van der Waals surface area contributed by atoms with Gasteiger partial charge in [0, 0.05) is 35.9 Å². The Morgan fingerprint density at radius 3 is 3.07 bits per heavy atom. The van der Waals surface area contributed by atoms with Crippen LogP contribution in [0.4, 0.5) is 5.82 Å². The van der Waals surface area contributed by atoms with Gasteiger partial charge in [-0.1, -0.05) is 6.08 Å². The summed E-state index contributed by atoms with van der Waals surface area (Å²) in [5.74, 6) is 1.85.